The second kappa shape index (κ2) is 9.50. The predicted octanol–water partition coefficient (Wildman–Crippen LogP) is 3.61. The second-order valence-corrected chi connectivity index (χ2v) is 10.9. The molecule has 3 rings (SSSR count). The third kappa shape index (κ3) is 6.18. The number of carbonyl (C=O) groups is 3. The molecular formula is C24H34ClN3O5. The maximum absolute atomic E-state index is 13.1. The molecule has 9 heteroatoms. The largest absolute Gasteiger partial charge is 0.460 e. The first kappa shape index (κ1) is 25.3. The zero-order valence-electron chi connectivity index (χ0n) is 20.2. The van der Waals surface area contributed by atoms with E-state index in [2.05, 4.69) is 5.32 Å². The summed E-state index contributed by atoms with van der Waals surface area (Å²) in [7, 11) is 0. The molecule has 2 fully saturated rings. The Morgan fingerprint density at radius 1 is 1.30 bits per heavy atom. The molecule has 2 saturated heterocycles. The number of carbonyl (C=O) groups excluding carboxylic acids is 3. The van der Waals surface area contributed by atoms with Gasteiger partial charge >= 0.3 is 12.1 Å². The minimum atomic E-state index is -0.663. The molecule has 2 aliphatic rings. The van der Waals surface area contributed by atoms with Crippen molar-refractivity contribution < 1.29 is 23.9 Å². The van der Waals surface area contributed by atoms with Crippen molar-refractivity contribution in [1.82, 2.24) is 10.2 Å². The summed E-state index contributed by atoms with van der Waals surface area (Å²) in [6.07, 6.45) is -0.581. The number of halogens is 1. The van der Waals surface area contributed by atoms with Gasteiger partial charge in [-0.2, -0.15) is 0 Å². The van der Waals surface area contributed by atoms with E-state index < -0.39 is 29.4 Å². The molecule has 0 saturated carbocycles. The van der Waals surface area contributed by atoms with Crippen LogP contribution in [0.2, 0.25) is 5.02 Å². The van der Waals surface area contributed by atoms with E-state index in [4.69, 9.17) is 21.1 Å². The van der Waals surface area contributed by atoms with E-state index in [0.717, 1.165) is 0 Å². The monoisotopic (exact) mass is 479 g/mol. The molecular weight excluding hydrogens is 446 g/mol. The number of hydrogen-bond donors (Lipinski definition) is 1. The molecule has 2 amide bonds. The van der Waals surface area contributed by atoms with Gasteiger partial charge in [-0.05, 0) is 53.2 Å². The molecule has 1 aromatic rings. The summed E-state index contributed by atoms with van der Waals surface area (Å²) in [6, 6.07) is 6.75. The van der Waals surface area contributed by atoms with Crippen molar-refractivity contribution in [3.8, 4) is 0 Å². The van der Waals surface area contributed by atoms with Crippen LogP contribution in [0, 0.1) is 5.92 Å². The average Bonchev–Trinajstić information content (AvgIpc) is 3.01. The highest BCUT2D eigenvalue weighted by molar-refractivity contribution is 6.33. The van der Waals surface area contributed by atoms with Crippen LogP contribution < -0.4 is 10.2 Å². The quantitative estimate of drug-likeness (QED) is 0.649. The summed E-state index contributed by atoms with van der Waals surface area (Å²) >= 11 is 6.34. The van der Waals surface area contributed by atoms with Crippen LogP contribution >= 0.6 is 11.6 Å². The summed E-state index contributed by atoms with van der Waals surface area (Å²) in [5.74, 6) is -0.616. The maximum Gasteiger partial charge on any atom is 0.408 e. The number of piperazine rings is 1. The third-order valence-corrected chi connectivity index (χ3v) is 6.31. The van der Waals surface area contributed by atoms with Gasteiger partial charge in [0.2, 0.25) is 5.91 Å². The lowest BCUT2D eigenvalue weighted by Crippen LogP contribution is -2.65. The molecule has 182 valence electrons. The lowest BCUT2D eigenvalue weighted by atomic mass is 9.95. The number of nitrogens with one attached hydrogen (secondary N) is 1. The van der Waals surface area contributed by atoms with E-state index in [9.17, 15) is 14.4 Å². The Balaban J connectivity index is 1.78. The van der Waals surface area contributed by atoms with E-state index in [1.165, 1.54) is 0 Å². The fourth-order valence-electron chi connectivity index (χ4n) is 4.20. The molecule has 3 atom stereocenters. The zero-order chi connectivity index (χ0) is 24.6. The molecule has 1 aromatic carbocycles. The van der Waals surface area contributed by atoms with Gasteiger partial charge in [-0.25, -0.2) is 4.79 Å². The summed E-state index contributed by atoms with van der Waals surface area (Å²) in [5, 5.41) is 3.40. The van der Waals surface area contributed by atoms with Gasteiger partial charge in [0.05, 0.1) is 29.2 Å². The van der Waals surface area contributed by atoms with E-state index >= 15 is 0 Å². The number of rotatable bonds is 5. The highest BCUT2D eigenvalue weighted by atomic mass is 35.5. The number of nitrogens with zero attached hydrogens (tertiary/aromatic N) is 2. The van der Waals surface area contributed by atoms with Crippen LogP contribution in [0.1, 0.15) is 48.0 Å². The second-order valence-electron chi connectivity index (χ2n) is 10.5. The normalized spacial score (nSPS) is 24.4. The molecule has 0 aliphatic carbocycles. The van der Waals surface area contributed by atoms with Crippen molar-refractivity contribution in [3.63, 3.8) is 0 Å². The molecule has 0 radical (unpaired) electrons. The van der Waals surface area contributed by atoms with Gasteiger partial charge in [0.15, 0.2) is 0 Å². The van der Waals surface area contributed by atoms with Crippen molar-refractivity contribution in [3.05, 3.63) is 29.3 Å². The van der Waals surface area contributed by atoms with Crippen molar-refractivity contribution in [1.29, 1.82) is 0 Å². The zero-order valence-corrected chi connectivity index (χ0v) is 20.9. The van der Waals surface area contributed by atoms with Crippen molar-refractivity contribution in [2.45, 2.75) is 71.2 Å². The first-order valence-electron chi connectivity index (χ1n) is 11.3. The van der Waals surface area contributed by atoms with Crippen LogP contribution in [-0.4, -0.2) is 65.8 Å². The summed E-state index contributed by atoms with van der Waals surface area (Å²) in [4.78, 5) is 41.4. The van der Waals surface area contributed by atoms with Crippen LogP contribution in [0.25, 0.3) is 0 Å². The predicted molar refractivity (Wildman–Crippen MR) is 126 cm³/mol. The fraction of sp³-hybridized carbons (Fsp3) is 0.625. The minimum Gasteiger partial charge on any atom is -0.460 e. The Bertz CT molecular complexity index is 914. The van der Waals surface area contributed by atoms with Gasteiger partial charge in [-0.1, -0.05) is 30.7 Å². The van der Waals surface area contributed by atoms with Crippen molar-refractivity contribution >= 4 is 35.3 Å². The fourth-order valence-corrected chi connectivity index (χ4v) is 4.43. The third-order valence-electron chi connectivity index (χ3n) is 6.00. The first-order valence-corrected chi connectivity index (χ1v) is 11.6. The van der Waals surface area contributed by atoms with Gasteiger partial charge < -0.3 is 19.7 Å². The Morgan fingerprint density at radius 2 is 1.97 bits per heavy atom. The van der Waals surface area contributed by atoms with Crippen molar-refractivity contribution in [2.24, 2.45) is 5.92 Å². The lowest BCUT2D eigenvalue weighted by molar-refractivity contribution is -0.145. The number of benzene rings is 1. The van der Waals surface area contributed by atoms with Gasteiger partial charge in [0.1, 0.15) is 11.7 Å². The lowest BCUT2D eigenvalue weighted by Gasteiger charge is -2.48. The topological polar surface area (TPSA) is 88.2 Å². The van der Waals surface area contributed by atoms with E-state index in [0.29, 0.717) is 30.2 Å². The summed E-state index contributed by atoms with van der Waals surface area (Å²) in [5.41, 5.74) is -0.405. The molecule has 0 aromatic heterocycles. The molecule has 1 N–H and O–H groups in total. The Morgan fingerprint density at radius 3 is 2.55 bits per heavy atom. The van der Waals surface area contributed by atoms with Crippen LogP contribution in [0.3, 0.4) is 0 Å². The Labute approximate surface area is 200 Å². The summed E-state index contributed by atoms with van der Waals surface area (Å²) < 4.78 is 11.0. The van der Waals surface area contributed by atoms with Crippen LogP contribution in [-0.2, 0) is 19.1 Å². The number of cyclic esters (lactones) is 1. The van der Waals surface area contributed by atoms with E-state index in [-0.39, 0.29) is 24.3 Å². The van der Waals surface area contributed by atoms with Gasteiger partial charge in [0, 0.05) is 18.6 Å². The molecule has 8 nitrogen and oxygen atoms in total. The smallest absolute Gasteiger partial charge is 0.408 e. The maximum atomic E-state index is 13.1. The number of esters is 1. The average molecular weight is 480 g/mol. The number of para-hydroxylation sites is 1. The van der Waals surface area contributed by atoms with Crippen LogP contribution in [0.4, 0.5) is 10.5 Å². The molecule has 0 bridgehead atoms. The Kier molecular flexibility index (Phi) is 7.29. The minimum absolute atomic E-state index is 0.0878. The molecule has 2 aliphatic heterocycles. The number of alkyl carbamates (subject to hydrolysis) is 1. The van der Waals surface area contributed by atoms with E-state index in [1.54, 1.807) is 31.7 Å². The number of ether oxygens (including phenoxy) is 2. The molecule has 33 heavy (non-hydrogen) atoms. The van der Waals surface area contributed by atoms with Crippen LogP contribution in [0.5, 0.6) is 0 Å². The van der Waals surface area contributed by atoms with Crippen molar-refractivity contribution in [2.75, 3.05) is 24.5 Å². The Hall–Kier alpha value is -2.32. The number of hydrogen-bond acceptors (Lipinski definition) is 6. The standard InChI is InChI=1S/C24H34ClN3O5/c1-15-11-19(32-21(15)30)17(26-22(31)33-23(2,3)4)12-27-13-20(29)28(14-24(27,5)6)18-10-8-7-9-16(18)25/h7-10,15,17,19H,11-14H2,1-6H3,(H,26,31)/t15-,17+,19+/m1/s1. The van der Waals surface area contributed by atoms with Crippen LogP contribution in [0.15, 0.2) is 24.3 Å². The van der Waals surface area contributed by atoms with Gasteiger partial charge in [-0.15, -0.1) is 0 Å². The molecule has 0 spiro atoms. The van der Waals surface area contributed by atoms with Gasteiger partial charge in [-0.3, -0.25) is 14.5 Å². The molecule has 0 unspecified atom stereocenters. The number of anilines is 1. The molecule has 2 heterocycles. The number of amides is 2. The summed E-state index contributed by atoms with van der Waals surface area (Å²) in [6.45, 7) is 12.1. The SMILES string of the molecule is C[C@@H]1C[C@@H]([C@H](CN2CC(=O)N(c3ccccc3Cl)CC2(C)C)NC(=O)OC(C)(C)C)OC1=O. The highest BCUT2D eigenvalue weighted by Crippen LogP contribution is 2.32. The highest BCUT2D eigenvalue weighted by Gasteiger charge is 2.44. The van der Waals surface area contributed by atoms with Gasteiger partial charge in [0.25, 0.3) is 0 Å². The first-order chi connectivity index (χ1) is 15.3. The van der Waals surface area contributed by atoms with E-state index in [1.807, 2.05) is 43.9 Å².